The summed E-state index contributed by atoms with van der Waals surface area (Å²) < 4.78 is 16.9. The Morgan fingerprint density at radius 3 is 2.37 bits per heavy atom. The van der Waals surface area contributed by atoms with E-state index in [9.17, 15) is 4.79 Å². The van der Waals surface area contributed by atoms with E-state index in [1.165, 1.54) is 25.6 Å². The first-order valence-corrected chi connectivity index (χ1v) is 13.5. The van der Waals surface area contributed by atoms with E-state index in [1.54, 1.807) is 5.38 Å². The smallest absolute Gasteiger partial charge is 0.279 e. The number of aromatic nitrogens is 3. The molecule has 1 amide bonds. The second-order valence-electron chi connectivity index (χ2n) is 9.76. The molecule has 2 heterocycles. The van der Waals surface area contributed by atoms with Gasteiger partial charge in [0.15, 0.2) is 5.69 Å². The molecule has 3 rings (SSSR count). The number of thiazole rings is 1. The third kappa shape index (κ3) is 7.78. The van der Waals surface area contributed by atoms with Gasteiger partial charge >= 0.3 is 0 Å². The molecule has 2 aromatic heterocycles. The fourth-order valence-corrected chi connectivity index (χ4v) is 4.14. The number of rotatable bonds is 13. The SMILES string of the molecule is CCCNCCCNc1nc(OC)c(NC(=O)c2csc(Oc3cc(C(C)(C)C)ccc3C)n2)c(OC)n1. The van der Waals surface area contributed by atoms with Gasteiger partial charge in [0.2, 0.25) is 17.7 Å². The standard InChI is InChI=1S/C27H38N6O4S/c1-8-12-28-13-9-14-29-25-32-23(35-6)21(24(33-25)36-7)31-22(34)19-16-38-26(30-19)37-20-15-18(27(3,4)5)11-10-17(20)2/h10-11,15-16,28H,8-9,12-14H2,1-7H3,(H,31,34)(H,29,32,33). The van der Waals surface area contributed by atoms with Gasteiger partial charge in [0.1, 0.15) is 11.4 Å². The van der Waals surface area contributed by atoms with Crippen molar-refractivity contribution in [3.63, 3.8) is 0 Å². The van der Waals surface area contributed by atoms with Crippen molar-refractivity contribution in [2.24, 2.45) is 0 Å². The van der Waals surface area contributed by atoms with Crippen LogP contribution in [0.4, 0.5) is 11.6 Å². The summed E-state index contributed by atoms with van der Waals surface area (Å²) in [5.74, 6) is 0.958. The highest BCUT2D eigenvalue weighted by Crippen LogP contribution is 2.35. The van der Waals surface area contributed by atoms with Crippen molar-refractivity contribution in [2.75, 3.05) is 44.5 Å². The number of nitrogens with zero attached hydrogens (tertiary/aromatic N) is 3. The number of aryl methyl sites for hydroxylation is 1. The van der Waals surface area contributed by atoms with Crippen LogP contribution in [-0.4, -0.2) is 54.7 Å². The Kier molecular flexibility index (Phi) is 10.3. The molecule has 0 aliphatic heterocycles. The van der Waals surface area contributed by atoms with Gasteiger partial charge in [-0.1, -0.05) is 51.2 Å². The number of nitrogens with one attached hydrogen (secondary N) is 3. The van der Waals surface area contributed by atoms with Gasteiger partial charge in [-0.25, -0.2) is 0 Å². The van der Waals surface area contributed by atoms with E-state index in [-0.39, 0.29) is 28.6 Å². The molecule has 0 radical (unpaired) electrons. The van der Waals surface area contributed by atoms with Crippen LogP contribution < -0.4 is 30.2 Å². The first-order chi connectivity index (χ1) is 18.2. The van der Waals surface area contributed by atoms with Gasteiger partial charge < -0.3 is 30.2 Å². The summed E-state index contributed by atoms with van der Waals surface area (Å²) in [4.78, 5) is 26.2. The van der Waals surface area contributed by atoms with Crippen molar-refractivity contribution in [1.29, 1.82) is 0 Å². The molecule has 38 heavy (non-hydrogen) atoms. The van der Waals surface area contributed by atoms with Crippen molar-refractivity contribution >= 4 is 28.9 Å². The lowest BCUT2D eigenvalue weighted by molar-refractivity contribution is 0.102. The lowest BCUT2D eigenvalue weighted by atomic mass is 9.86. The van der Waals surface area contributed by atoms with Gasteiger partial charge in [0.05, 0.1) is 14.2 Å². The average Bonchev–Trinajstić information content (AvgIpc) is 3.36. The van der Waals surface area contributed by atoms with Crippen LogP contribution in [0.5, 0.6) is 22.7 Å². The minimum atomic E-state index is -0.459. The van der Waals surface area contributed by atoms with Crippen molar-refractivity contribution < 1.29 is 19.0 Å². The van der Waals surface area contributed by atoms with Gasteiger partial charge in [-0.15, -0.1) is 0 Å². The summed E-state index contributed by atoms with van der Waals surface area (Å²) in [6.45, 7) is 13.1. The predicted octanol–water partition coefficient (Wildman–Crippen LogP) is 5.40. The van der Waals surface area contributed by atoms with Crippen molar-refractivity contribution in [1.82, 2.24) is 20.3 Å². The van der Waals surface area contributed by atoms with Crippen LogP contribution in [-0.2, 0) is 5.41 Å². The molecule has 0 unspecified atom stereocenters. The highest BCUT2D eigenvalue weighted by atomic mass is 32.1. The van der Waals surface area contributed by atoms with E-state index < -0.39 is 5.91 Å². The Morgan fingerprint density at radius 2 is 1.74 bits per heavy atom. The molecule has 3 N–H and O–H groups in total. The number of anilines is 2. The highest BCUT2D eigenvalue weighted by molar-refractivity contribution is 7.11. The fraction of sp³-hybridized carbons (Fsp3) is 0.481. The number of hydrogen-bond acceptors (Lipinski definition) is 10. The normalized spacial score (nSPS) is 11.2. The quantitative estimate of drug-likeness (QED) is 0.244. The van der Waals surface area contributed by atoms with E-state index in [0.29, 0.717) is 23.4 Å². The zero-order valence-corrected chi connectivity index (χ0v) is 24.0. The maximum atomic E-state index is 13.0. The molecule has 0 saturated heterocycles. The maximum absolute atomic E-state index is 13.0. The molecule has 0 atom stereocenters. The first-order valence-electron chi connectivity index (χ1n) is 12.7. The van der Waals surface area contributed by atoms with Crippen LogP contribution in [0.3, 0.4) is 0 Å². The number of benzene rings is 1. The number of ether oxygens (including phenoxy) is 3. The molecule has 0 fully saturated rings. The van der Waals surface area contributed by atoms with E-state index in [2.05, 4.69) is 64.7 Å². The lowest BCUT2D eigenvalue weighted by Crippen LogP contribution is -2.19. The van der Waals surface area contributed by atoms with Crippen molar-refractivity contribution in [2.45, 2.75) is 52.9 Å². The molecule has 0 spiro atoms. The third-order valence-corrected chi connectivity index (χ3v) is 6.39. The van der Waals surface area contributed by atoms with Gasteiger partial charge in [-0.05, 0) is 55.5 Å². The van der Waals surface area contributed by atoms with Gasteiger partial charge in [0, 0.05) is 11.9 Å². The van der Waals surface area contributed by atoms with E-state index in [4.69, 9.17) is 14.2 Å². The Hall–Kier alpha value is -3.44. The number of hydrogen-bond donors (Lipinski definition) is 3. The van der Waals surface area contributed by atoms with Crippen LogP contribution in [0.2, 0.25) is 0 Å². The third-order valence-electron chi connectivity index (χ3n) is 5.68. The molecule has 206 valence electrons. The van der Waals surface area contributed by atoms with Crippen LogP contribution in [0.25, 0.3) is 0 Å². The van der Waals surface area contributed by atoms with E-state index in [1.807, 2.05) is 19.1 Å². The highest BCUT2D eigenvalue weighted by Gasteiger charge is 2.22. The maximum Gasteiger partial charge on any atom is 0.279 e. The fourth-order valence-electron chi connectivity index (χ4n) is 3.47. The number of carbonyl (C=O) groups is 1. The second-order valence-corrected chi connectivity index (χ2v) is 10.6. The molecule has 10 nitrogen and oxygen atoms in total. The van der Waals surface area contributed by atoms with Crippen LogP contribution >= 0.6 is 11.3 Å². The molecule has 0 aliphatic rings. The zero-order valence-electron chi connectivity index (χ0n) is 23.2. The number of carbonyl (C=O) groups excluding carboxylic acids is 1. The number of amides is 1. The zero-order chi connectivity index (χ0) is 27.7. The molecule has 11 heteroatoms. The van der Waals surface area contributed by atoms with Gasteiger partial charge in [-0.2, -0.15) is 15.0 Å². The summed E-state index contributed by atoms with van der Waals surface area (Å²) >= 11 is 1.24. The predicted molar refractivity (Wildman–Crippen MR) is 151 cm³/mol. The van der Waals surface area contributed by atoms with Crippen molar-refractivity contribution in [3.8, 4) is 22.7 Å². The molecule has 0 bridgehead atoms. The Bertz CT molecular complexity index is 1200. The summed E-state index contributed by atoms with van der Waals surface area (Å²) in [6.07, 6.45) is 2.00. The molecule has 1 aromatic carbocycles. The van der Waals surface area contributed by atoms with Crippen LogP contribution in [0.1, 0.15) is 62.2 Å². The van der Waals surface area contributed by atoms with Crippen molar-refractivity contribution in [3.05, 3.63) is 40.4 Å². The van der Waals surface area contributed by atoms with Crippen LogP contribution in [0.15, 0.2) is 23.6 Å². The molecule has 0 aliphatic carbocycles. The van der Waals surface area contributed by atoms with E-state index >= 15 is 0 Å². The Morgan fingerprint density at radius 1 is 1.03 bits per heavy atom. The first kappa shape index (κ1) is 29.1. The Labute approximate surface area is 228 Å². The summed E-state index contributed by atoms with van der Waals surface area (Å²) in [7, 11) is 2.94. The molecular weight excluding hydrogens is 504 g/mol. The minimum absolute atomic E-state index is 0.0170. The minimum Gasteiger partial charge on any atom is -0.479 e. The van der Waals surface area contributed by atoms with Gasteiger partial charge in [0.25, 0.3) is 11.1 Å². The topological polar surface area (TPSA) is 120 Å². The average molecular weight is 543 g/mol. The summed E-state index contributed by atoms with van der Waals surface area (Å²) in [5, 5.41) is 11.3. The van der Waals surface area contributed by atoms with Gasteiger partial charge in [-0.3, -0.25) is 4.79 Å². The molecule has 0 saturated carbocycles. The van der Waals surface area contributed by atoms with Crippen LogP contribution in [0, 0.1) is 6.92 Å². The Balaban J connectivity index is 1.71. The molecular formula is C27H38N6O4S. The lowest BCUT2D eigenvalue weighted by Gasteiger charge is -2.20. The number of methoxy groups -OCH3 is 2. The monoisotopic (exact) mass is 542 g/mol. The molecule has 3 aromatic rings. The summed E-state index contributed by atoms with van der Waals surface area (Å²) in [6, 6.07) is 6.13. The summed E-state index contributed by atoms with van der Waals surface area (Å²) in [5.41, 5.74) is 2.53. The van der Waals surface area contributed by atoms with E-state index in [0.717, 1.165) is 37.1 Å². The largest absolute Gasteiger partial charge is 0.479 e. The second kappa shape index (κ2) is 13.4.